The Morgan fingerprint density at radius 3 is 2.69 bits per heavy atom. The van der Waals surface area contributed by atoms with Crippen LogP contribution in [0.3, 0.4) is 0 Å². The molecule has 0 spiro atoms. The molecule has 0 amide bonds. The number of halogens is 2. The predicted octanol–water partition coefficient (Wildman–Crippen LogP) is 2.44. The van der Waals surface area contributed by atoms with Gasteiger partial charge in [0, 0.05) is 16.5 Å². The first-order valence-electron chi connectivity index (χ1n) is 11.1. The third-order valence-corrected chi connectivity index (χ3v) is 7.18. The molecule has 13 heteroatoms. The largest absolute Gasteiger partial charge is 0.496 e. The zero-order chi connectivity index (χ0) is 23.8. The minimum absolute atomic E-state index is 0. The van der Waals surface area contributed by atoms with Crippen LogP contribution in [0.15, 0.2) is 33.9 Å². The fourth-order valence-corrected chi connectivity index (χ4v) is 5.44. The Labute approximate surface area is 209 Å². The van der Waals surface area contributed by atoms with Crippen molar-refractivity contribution in [3.8, 4) is 16.2 Å². The monoisotopic (exact) mass is 521 g/mol. The molecule has 5 rings (SSSR count). The molecule has 1 fully saturated rings. The van der Waals surface area contributed by atoms with Crippen molar-refractivity contribution in [2.45, 2.75) is 38.9 Å². The van der Waals surface area contributed by atoms with Crippen LogP contribution in [0.5, 0.6) is 5.75 Å². The number of tetrazole rings is 1. The van der Waals surface area contributed by atoms with Gasteiger partial charge in [0.1, 0.15) is 16.3 Å². The Morgan fingerprint density at radius 2 is 2.00 bits per heavy atom. The van der Waals surface area contributed by atoms with E-state index in [2.05, 4.69) is 20.7 Å². The maximum absolute atomic E-state index is 14.1. The number of hydrogen-bond acceptors (Lipinski definition) is 8. The highest BCUT2D eigenvalue weighted by atomic mass is 35.5. The van der Waals surface area contributed by atoms with E-state index in [1.165, 1.54) is 44.5 Å². The van der Waals surface area contributed by atoms with Gasteiger partial charge in [-0.3, -0.25) is 13.9 Å². The fourth-order valence-electron chi connectivity index (χ4n) is 4.32. The normalized spacial score (nSPS) is 14.3. The summed E-state index contributed by atoms with van der Waals surface area (Å²) in [7, 11) is 1.51. The van der Waals surface area contributed by atoms with Crippen LogP contribution in [0.2, 0.25) is 0 Å². The molecule has 4 aromatic rings. The number of methoxy groups -OCH3 is 1. The summed E-state index contributed by atoms with van der Waals surface area (Å²) in [6, 6.07) is 5.76. The second kappa shape index (κ2) is 10.3. The van der Waals surface area contributed by atoms with Gasteiger partial charge in [-0.2, -0.15) is 4.80 Å². The van der Waals surface area contributed by atoms with Crippen molar-refractivity contribution in [3.63, 3.8) is 0 Å². The highest BCUT2D eigenvalue weighted by Gasteiger charge is 2.25. The van der Waals surface area contributed by atoms with E-state index in [4.69, 9.17) is 4.74 Å². The molecule has 1 saturated heterocycles. The SMILES string of the molecule is CCn1nnc(Cn2c(=O)n(C3CCNCC3)c(=O)c3sc(-c4cc(F)ccc4OC)cc32)n1.Cl. The van der Waals surface area contributed by atoms with E-state index in [1.807, 2.05) is 6.92 Å². The number of ether oxygens (including phenoxy) is 1. The average Bonchev–Trinajstić information content (AvgIpc) is 3.50. The van der Waals surface area contributed by atoms with Gasteiger partial charge < -0.3 is 10.1 Å². The van der Waals surface area contributed by atoms with Crippen LogP contribution in [0.25, 0.3) is 20.7 Å². The standard InChI is InChI=1S/C22H24FN7O3S.ClH/c1-3-29-26-19(25-27-29)12-28-16-11-18(15-10-13(23)4-5-17(15)33-2)34-20(16)21(31)30(22(28)32)14-6-8-24-9-7-14;/h4-5,10-11,14,24H,3,6-9,12H2,1-2H3;1H. The van der Waals surface area contributed by atoms with Gasteiger partial charge >= 0.3 is 5.69 Å². The lowest BCUT2D eigenvalue weighted by Gasteiger charge is -2.24. The molecule has 1 aromatic carbocycles. The quantitative estimate of drug-likeness (QED) is 0.415. The lowest BCUT2D eigenvalue weighted by Crippen LogP contribution is -2.45. The first kappa shape index (κ1) is 25.0. The molecule has 0 radical (unpaired) electrons. The maximum Gasteiger partial charge on any atom is 0.332 e. The highest BCUT2D eigenvalue weighted by Crippen LogP contribution is 2.37. The topological polar surface area (TPSA) is 109 Å². The Balaban J connectivity index is 0.00000289. The van der Waals surface area contributed by atoms with E-state index in [0.29, 0.717) is 51.6 Å². The van der Waals surface area contributed by atoms with Gasteiger partial charge in [0.05, 0.1) is 25.7 Å². The van der Waals surface area contributed by atoms with Gasteiger partial charge in [0.15, 0.2) is 5.82 Å². The Kier molecular flexibility index (Phi) is 7.33. The molecule has 4 heterocycles. The second-order valence-corrected chi connectivity index (χ2v) is 9.14. The minimum atomic E-state index is -0.418. The minimum Gasteiger partial charge on any atom is -0.496 e. The van der Waals surface area contributed by atoms with Crippen LogP contribution in [0.1, 0.15) is 31.6 Å². The lowest BCUT2D eigenvalue weighted by molar-refractivity contribution is 0.346. The number of aromatic nitrogens is 6. The van der Waals surface area contributed by atoms with Crippen molar-refractivity contribution in [2.24, 2.45) is 0 Å². The number of nitrogens with zero attached hydrogens (tertiary/aromatic N) is 6. The van der Waals surface area contributed by atoms with Gasteiger partial charge in [-0.05, 0) is 62.3 Å². The molecule has 0 atom stereocenters. The van der Waals surface area contributed by atoms with E-state index >= 15 is 0 Å². The third-order valence-electron chi connectivity index (χ3n) is 6.03. The summed E-state index contributed by atoms with van der Waals surface area (Å²) in [5, 5.41) is 15.6. The smallest absolute Gasteiger partial charge is 0.332 e. The first-order valence-corrected chi connectivity index (χ1v) is 11.9. The van der Waals surface area contributed by atoms with E-state index in [9.17, 15) is 14.0 Å². The fraction of sp³-hybridized carbons (Fsp3) is 0.409. The van der Waals surface area contributed by atoms with Crippen LogP contribution in [0, 0.1) is 5.82 Å². The summed E-state index contributed by atoms with van der Waals surface area (Å²) in [6.45, 7) is 3.98. The molecule has 1 aliphatic heterocycles. The maximum atomic E-state index is 14.1. The average molecular weight is 522 g/mol. The molecule has 0 saturated carbocycles. The van der Waals surface area contributed by atoms with Crippen LogP contribution < -0.4 is 21.3 Å². The zero-order valence-corrected chi connectivity index (χ0v) is 20.9. The van der Waals surface area contributed by atoms with Crippen LogP contribution in [-0.4, -0.2) is 49.5 Å². The van der Waals surface area contributed by atoms with Crippen molar-refractivity contribution in [3.05, 3.63) is 56.7 Å². The van der Waals surface area contributed by atoms with E-state index < -0.39 is 11.5 Å². The molecule has 1 aliphatic rings. The lowest BCUT2D eigenvalue weighted by atomic mass is 10.1. The Hall–Kier alpha value is -3.09. The number of aryl methyl sites for hydroxylation is 1. The number of piperidine rings is 1. The molecular formula is C22H25ClFN7O3S. The Morgan fingerprint density at radius 1 is 1.23 bits per heavy atom. The molecule has 35 heavy (non-hydrogen) atoms. The second-order valence-electron chi connectivity index (χ2n) is 8.09. The Bertz CT molecular complexity index is 1470. The summed E-state index contributed by atoms with van der Waals surface area (Å²) < 4.78 is 22.8. The number of benzene rings is 1. The first-order chi connectivity index (χ1) is 16.5. The van der Waals surface area contributed by atoms with Crippen LogP contribution >= 0.6 is 23.7 Å². The molecule has 186 valence electrons. The van der Waals surface area contributed by atoms with Crippen molar-refractivity contribution in [1.82, 2.24) is 34.7 Å². The van der Waals surface area contributed by atoms with Gasteiger partial charge in [0.2, 0.25) is 0 Å². The molecule has 1 N–H and O–H groups in total. The number of rotatable bonds is 6. The van der Waals surface area contributed by atoms with Crippen molar-refractivity contribution < 1.29 is 9.13 Å². The predicted molar refractivity (Wildman–Crippen MR) is 133 cm³/mol. The number of thiophene rings is 1. The van der Waals surface area contributed by atoms with Crippen molar-refractivity contribution >= 4 is 34.0 Å². The van der Waals surface area contributed by atoms with Gasteiger partial charge in [-0.15, -0.1) is 33.9 Å². The summed E-state index contributed by atoms with van der Waals surface area (Å²) in [6.07, 6.45) is 1.36. The summed E-state index contributed by atoms with van der Waals surface area (Å²) in [5.41, 5.74) is 0.234. The van der Waals surface area contributed by atoms with E-state index in [-0.39, 0.29) is 30.6 Å². The van der Waals surface area contributed by atoms with Gasteiger partial charge in [-0.25, -0.2) is 9.18 Å². The van der Waals surface area contributed by atoms with Crippen LogP contribution in [-0.2, 0) is 13.1 Å². The summed E-state index contributed by atoms with van der Waals surface area (Å²) >= 11 is 1.22. The summed E-state index contributed by atoms with van der Waals surface area (Å²) in [5.74, 6) is 0.433. The highest BCUT2D eigenvalue weighted by molar-refractivity contribution is 7.22. The summed E-state index contributed by atoms with van der Waals surface area (Å²) in [4.78, 5) is 29.3. The molecule has 0 bridgehead atoms. The van der Waals surface area contributed by atoms with Gasteiger partial charge in [-0.1, -0.05) is 0 Å². The molecule has 10 nitrogen and oxygen atoms in total. The number of nitrogens with one attached hydrogen (secondary N) is 1. The molecule has 3 aromatic heterocycles. The van der Waals surface area contributed by atoms with E-state index in [1.54, 1.807) is 12.1 Å². The molecule has 0 unspecified atom stereocenters. The number of hydrogen-bond donors (Lipinski definition) is 1. The molecular weight excluding hydrogens is 497 g/mol. The number of fused-ring (bicyclic) bond motifs is 1. The van der Waals surface area contributed by atoms with E-state index in [0.717, 1.165) is 13.1 Å². The van der Waals surface area contributed by atoms with Crippen molar-refractivity contribution in [2.75, 3.05) is 20.2 Å². The van der Waals surface area contributed by atoms with Gasteiger partial charge in [0.25, 0.3) is 5.56 Å². The third kappa shape index (κ3) is 4.60. The van der Waals surface area contributed by atoms with Crippen molar-refractivity contribution in [1.29, 1.82) is 0 Å². The molecule has 0 aliphatic carbocycles. The zero-order valence-electron chi connectivity index (χ0n) is 19.2. The van der Waals surface area contributed by atoms with Crippen LogP contribution in [0.4, 0.5) is 4.39 Å².